The van der Waals surface area contributed by atoms with Crippen molar-refractivity contribution in [2.24, 2.45) is 0 Å². The predicted molar refractivity (Wildman–Crippen MR) is 137 cm³/mol. The summed E-state index contributed by atoms with van der Waals surface area (Å²) in [7, 11) is 0. The zero-order valence-corrected chi connectivity index (χ0v) is 20.9. The van der Waals surface area contributed by atoms with Gasteiger partial charge in [-0.1, -0.05) is 65.8 Å². The summed E-state index contributed by atoms with van der Waals surface area (Å²) in [6.07, 6.45) is -4.32. The van der Waals surface area contributed by atoms with Gasteiger partial charge in [-0.05, 0) is 23.3 Å². The highest BCUT2D eigenvalue weighted by molar-refractivity contribution is 5.70. The van der Waals surface area contributed by atoms with E-state index in [1.807, 2.05) is 12.1 Å². The molecule has 2 heterocycles. The molecule has 0 radical (unpaired) electrons. The number of nitrogens with zero attached hydrogens (tertiary/aromatic N) is 4. The highest BCUT2D eigenvalue weighted by Crippen LogP contribution is 2.42. The maximum Gasteiger partial charge on any atom is 0.479 e. The molecule has 3 aromatic carbocycles. The molecular weight excluding hydrogens is 545 g/mol. The summed E-state index contributed by atoms with van der Waals surface area (Å²) in [5, 5.41) is 27.7. The Bertz CT molecular complexity index is 1680. The van der Waals surface area contributed by atoms with Gasteiger partial charge in [0.15, 0.2) is 11.9 Å². The third kappa shape index (κ3) is 6.08. The first kappa shape index (κ1) is 27.1. The van der Waals surface area contributed by atoms with Crippen LogP contribution in [0.5, 0.6) is 11.5 Å². The SMILES string of the molecule is O=[N+]([O-])c1cc(-c2noc(-c3ccc[n+]([O-])c3C(F)(F)F)n2)cc(OCc2ccccc2)c1OCc1ccccc1. The molecule has 0 saturated heterocycles. The zero-order chi connectivity index (χ0) is 29.0. The van der Waals surface area contributed by atoms with E-state index < -0.39 is 33.9 Å². The molecule has 5 rings (SSSR count). The molecule has 13 heteroatoms. The van der Waals surface area contributed by atoms with Gasteiger partial charge in [-0.25, -0.2) is 0 Å². The van der Waals surface area contributed by atoms with Gasteiger partial charge in [-0.2, -0.15) is 22.9 Å². The average molecular weight is 564 g/mol. The van der Waals surface area contributed by atoms with Crippen molar-refractivity contribution >= 4 is 5.69 Å². The van der Waals surface area contributed by atoms with Gasteiger partial charge in [0.2, 0.25) is 11.6 Å². The first-order valence-corrected chi connectivity index (χ1v) is 12.0. The minimum Gasteiger partial charge on any atom is -0.618 e. The van der Waals surface area contributed by atoms with Crippen molar-refractivity contribution in [3.05, 3.63) is 123 Å². The van der Waals surface area contributed by atoms with Crippen LogP contribution < -0.4 is 14.2 Å². The van der Waals surface area contributed by atoms with Crippen LogP contribution in [-0.2, 0) is 19.4 Å². The van der Waals surface area contributed by atoms with Crippen molar-refractivity contribution in [1.82, 2.24) is 10.1 Å². The number of hydrogen-bond donors (Lipinski definition) is 0. The van der Waals surface area contributed by atoms with Crippen LogP contribution in [0, 0.1) is 15.3 Å². The summed E-state index contributed by atoms with van der Waals surface area (Å²) in [5.41, 5.74) is -1.14. The number of benzene rings is 3. The lowest BCUT2D eigenvalue weighted by Crippen LogP contribution is -2.37. The fourth-order valence-electron chi connectivity index (χ4n) is 3.96. The molecule has 10 nitrogen and oxygen atoms in total. The molecule has 208 valence electrons. The molecule has 41 heavy (non-hydrogen) atoms. The molecule has 0 bridgehead atoms. The zero-order valence-electron chi connectivity index (χ0n) is 20.9. The number of aromatic nitrogens is 3. The molecule has 0 unspecified atom stereocenters. The van der Waals surface area contributed by atoms with Crippen LogP contribution in [0.3, 0.4) is 0 Å². The van der Waals surface area contributed by atoms with Crippen LogP contribution in [0.15, 0.2) is 95.6 Å². The van der Waals surface area contributed by atoms with Crippen LogP contribution in [0.4, 0.5) is 18.9 Å². The number of halogens is 3. The van der Waals surface area contributed by atoms with Crippen LogP contribution >= 0.6 is 0 Å². The Balaban J connectivity index is 1.56. The minimum atomic E-state index is -5.01. The Hall–Kier alpha value is -5.46. The van der Waals surface area contributed by atoms with E-state index in [2.05, 4.69) is 10.1 Å². The van der Waals surface area contributed by atoms with Gasteiger partial charge in [0.1, 0.15) is 18.8 Å². The van der Waals surface area contributed by atoms with Crippen molar-refractivity contribution in [3.8, 4) is 34.3 Å². The monoisotopic (exact) mass is 564 g/mol. The van der Waals surface area contributed by atoms with Gasteiger partial charge in [0, 0.05) is 17.7 Å². The fraction of sp³-hybridized carbons (Fsp3) is 0.107. The van der Waals surface area contributed by atoms with Crippen LogP contribution in [0.1, 0.15) is 16.8 Å². The average Bonchev–Trinajstić information content (AvgIpc) is 3.45. The molecule has 0 saturated carbocycles. The summed E-state index contributed by atoms with van der Waals surface area (Å²) in [5.74, 6) is -1.04. The number of pyridine rings is 1. The Morgan fingerprint density at radius 2 is 1.54 bits per heavy atom. The first-order chi connectivity index (χ1) is 19.7. The van der Waals surface area contributed by atoms with E-state index in [4.69, 9.17) is 14.0 Å². The van der Waals surface area contributed by atoms with Crippen molar-refractivity contribution in [2.45, 2.75) is 19.4 Å². The summed E-state index contributed by atoms with van der Waals surface area (Å²) in [6.45, 7) is 0.0294. The number of ether oxygens (including phenoxy) is 2. The van der Waals surface area contributed by atoms with Gasteiger partial charge in [-0.15, -0.1) is 0 Å². The van der Waals surface area contributed by atoms with Crippen molar-refractivity contribution in [3.63, 3.8) is 0 Å². The molecule has 2 aromatic heterocycles. The Morgan fingerprint density at radius 1 is 0.902 bits per heavy atom. The third-order valence-corrected chi connectivity index (χ3v) is 5.84. The van der Waals surface area contributed by atoms with Gasteiger partial charge in [0.05, 0.1) is 4.92 Å². The maximum absolute atomic E-state index is 13.6. The lowest BCUT2D eigenvalue weighted by molar-refractivity contribution is -0.628. The predicted octanol–water partition coefficient (Wildman–Crippen LogP) is 6.12. The van der Waals surface area contributed by atoms with Crippen molar-refractivity contribution in [1.29, 1.82) is 0 Å². The van der Waals surface area contributed by atoms with Crippen LogP contribution in [-0.4, -0.2) is 15.1 Å². The molecule has 0 N–H and O–H groups in total. The molecule has 0 aliphatic carbocycles. The van der Waals surface area contributed by atoms with Crippen LogP contribution in [0.2, 0.25) is 0 Å². The second-order valence-corrected chi connectivity index (χ2v) is 8.65. The quantitative estimate of drug-likeness (QED) is 0.0907. The summed E-state index contributed by atoms with van der Waals surface area (Å²) in [4.78, 5) is 15.4. The number of alkyl halides is 3. The van der Waals surface area contributed by atoms with Crippen molar-refractivity contribution < 1.29 is 36.8 Å². The van der Waals surface area contributed by atoms with E-state index in [1.165, 1.54) is 6.07 Å². The van der Waals surface area contributed by atoms with Crippen molar-refractivity contribution in [2.75, 3.05) is 0 Å². The third-order valence-electron chi connectivity index (χ3n) is 5.84. The van der Waals surface area contributed by atoms with Gasteiger partial charge < -0.3 is 19.2 Å². The lowest BCUT2D eigenvalue weighted by atomic mass is 10.1. The molecule has 0 atom stereocenters. The molecular formula is C28H19F3N4O6. The van der Waals surface area contributed by atoms with E-state index >= 15 is 0 Å². The largest absolute Gasteiger partial charge is 0.618 e. The summed E-state index contributed by atoms with van der Waals surface area (Å²) in [6, 6.07) is 22.6. The maximum atomic E-state index is 13.6. The molecule has 0 aliphatic rings. The molecule has 0 amide bonds. The minimum absolute atomic E-state index is 0.00148. The fourth-order valence-corrected chi connectivity index (χ4v) is 3.96. The highest BCUT2D eigenvalue weighted by Gasteiger charge is 2.44. The molecule has 0 aliphatic heterocycles. The van der Waals surface area contributed by atoms with E-state index in [0.29, 0.717) is 6.20 Å². The first-order valence-electron chi connectivity index (χ1n) is 12.0. The Morgan fingerprint density at radius 3 is 2.15 bits per heavy atom. The summed E-state index contributed by atoms with van der Waals surface area (Å²) >= 11 is 0. The number of hydrogen-bond acceptors (Lipinski definition) is 8. The Kier molecular flexibility index (Phi) is 7.50. The topological polar surface area (TPSA) is 127 Å². The van der Waals surface area contributed by atoms with Gasteiger partial charge in [0.25, 0.3) is 5.89 Å². The molecule has 0 spiro atoms. The highest BCUT2D eigenvalue weighted by atomic mass is 19.4. The second kappa shape index (κ2) is 11.3. The van der Waals surface area contributed by atoms with E-state index in [9.17, 15) is 28.5 Å². The Labute approximate surface area is 229 Å². The van der Waals surface area contributed by atoms with E-state index in [0.717, 1.165) is 29.3 Å². The van der Waals surface area contributed by atoms with E-state index in [1.54, 1.807) is 48.5 Å². The molecule has 0 fully saturated rings. The van der Waals surface area contributed by atoms with Gasteiger partial charge >= 0.3 is 17.6 Å². The summed E-state index contributed by atoms with van der Waals surface area (Å²) < 4.78 is 57.2. The number of rotatable bonds is 9. The number of nitro groups is 1. The smallest absolute Gasteiger partial charge is 0.479 e. The normalized spacial score (nSPS) is 11.3. The molecule has 5 aromatic rings. The second-order valence-electron chi connectivity index (χ2n) is 8.65. The van der Waals surface area contributed by atoms with Crippen LogP contribution in [0.25, 0.3) is 22.8 Å². The van der Waals surface area contributed by atoms with E-state index in [-0.39, 0.29) is 40.8 Å². The lowest BCUT2D eigenvalue weighted by Gasteiger charge is -2.14. The standard InChI is InChI=1S/C28H19F3N4O6/c29-28(30,31)25-21(12-7-13-34(25)36)27-32-26(33-41-27)20-14-22(35(37)38)24(40-17-19-10-5-2-6-11-19)23(15-20)39-16-18-8-3-1-4-9-18/h1-15H,16-17H2. The number of nitro benzene ring substituents is 1. The van der Waals surface area contributed by atoms with Gasteiger partial charge in [-0.3, -0.25) is 10.1 Å².